The standard InChI is InChI=1S/C14H17BrN2O3S/c1-8(9-3-4-9)17-7-10-5-11(15)6-12(13(10)14(17)18)16-21(2,19)20/h5-6,8-9,16H,3-4,7H2,1-2H3/t8-/m0/s1. The smallest absolute Gasteiger partial charge is 0.256 e. The van der Waals surface area contributed by atoms with Crippen LogP contribution >= 0.6 is 15.9 Å². The first-order chi connectivity index (χ1) is 9.76. The van der Waals surface area contributed by atoms with Gasteiger partial charge in [0.05, 0.1) is 17.5 Å². The van der Waals surface area contributed by atoms with E-state index in [-0.39, 0.29) is 11.9 Å². The normalized spacial score (nSPS) is 19.6. The van der Waals surface area contributed by atoms with Crippen LogP contribution in [-0.2, 0) is 16.6 Å². The van der Waals surface area contributed by atoms with Crippen LogP contribution < -0.4 is 4.72 Å². The van der Waals surface area contributed by atoms with E-state index in [1.54, 1.807) is 6.07 Å². The van der Waals surface area contributed by atoms with E-state index in [0.717, 1.165) is 16.3 Å². The molecule has 7 heteroatoms. The highest BCUT2D eigenvalue weighted by Gasteiger charge is 2.39. The van der Waals surface area contributed by atoms with Gasteiger partial charge in [-0.1, -0.05) is 15.9 Å². The zero-order valence-corrected chi connectivity index (χ0v) is 14.3. The maximum atomic E-state index is 12.7. The lowest BCUT2D eigenvalue weighted by molar-refractivity contribution is 0.0698. The fraction of sp³-hybridized carbons (Fsp3) is 0.500. The number of sulfonamides is 1. The van der Waals surface area contributed by atoms with E-state index in [1.165, 1.54) is 12.8 Å². The van der Waals surface area contributed by atoms with Gasteiger partial charge < -0.3 is 4.90 Å². The van der Waals surface area contributed by atoms with Crippen molar-refractivity contribution in [2.45, 2.75) is 32.4 Å². The van der Waals surface area contributed by atoms with Gasteiger partial charge in [-0.15, -0.1) is 0 Å². The Labute approximate surface area is 132 Å². The Morgan fingerprint density at radius 1 is 1.38 bits per heavy atom. The van der Waals surface area contributed by atoms with Crippen molar-refractivity contribution in [3.05, 3.63) is 27.7 Å². The number of anilines is 1. The first-order valence-electron chi connectivity index (χ1n) is 6.87. The van der Waals surface area contributed by atoms with Crippen LogP contribution in [-0.4, -0.2) is 31.5 Å². The Morgan fingerprint density at radius 3 is 2.62 bits per heavy atom. The number of halogens is 1. The van der Waals surface area contributed by atoms with Gasteiger partial charge in [-0.05, 0) is 43.4 Å². The molecule has 0 bridgehead atoms. The largest absolute Gasteiger partial charge is 0.331 e. The van der Waals surface area contributed by atoms with Crippen molar-refractivity contribution in [3.8, 4) is 0 Å². The van der Waals surface area contributed by atoms with Crippen LogP contribution in [0.2, 0.25) is 0 Å². The summed E-state index contributed by atoms with van der Waals surface area (Å²) in [6, 6.07) is 3.73. The molecule has 2 aliphatic rings. The predicted molar refractivity (Wildman–Crippen MR) is 84.7 cm³/mol. The van der Waals surface area contributed by atoms with Gasteiger partial charge in [-0.25, -0.2) is 8.42 Å². The van der Waals surface area contributed by atoms with E-state index in [2.05, 4.69) is 27.6 Å². The first-order valence-corrected chi connectivity index (χ1v) is 9.56. The third-order valence-corrected chi connectivity index (χ3v) is 5.14. The van der Waals surface area contributed by atoms with E-state index >= 15 is 0 Å². The summed E-state index contributed by atoms with van der Waals surface area (Å²) in [7, 11) is -3.42. The minimum absolute atomic E-state index is 0.0805. The molecule has 0 aromatic heterocycles. The molecule has 1 aliphatic carbocycles. The molecule has 3 rings (SSSR count). The zero-order chi connectivity index (χ0) is 15.4. The van der Waals surface area contributed by atoms with Crippen LogP contribution in [0.25, 0.3) is 0 Å². The van der Waals surface area contributed by atoms with E-state index < -0.39 is 10.0 Å². The number of hydrogen-bond acceptors (Lipinski definition) is 3. The van der Waals surface area contributed by atoms with Crippen LogP contribution in [0.5, 0.6) is 0 Å². The first kappa shape index (κ1) is 14.8. The molecule has 0 unspecified atom stereocenters. The summed E-state index contributed by atoms with van der Waals surface area (Å²) in [5, 5.41) is 0. The second-order valence-electron chi connectivity index (χ2n) is 5.87. The number of nitrogens with zero attached hydrogens (tertiary/aromatic N) is 1. The summed E-state index contributed by atoms with van der Waals surface area (Å²) in [4.78, 5) is 14.5. The van der Waals surface area contributed by atoms with E-state index in [1.807, 2.05) is 11.0 Å². The molecule has 0 saturated heterocycles. The number of hydrogen-bond donors (Lipinski definition) is 1. The Balaban J connectivity index is 1.99. The molecule has 21 heavy (non-hydrogen) atoms. The third kappa shape index (κ3) is 2.94. The lowest BCUT2D eigenvalue weighted by Crippen LogP contribution is -2.34. The van der Waals surface area contributed by atoms with Crippen LogP contribution in [0.15, 0.2) is 16.6 Å². The SMILES string of the molecule is C[C@@H](C1CC1)N1Cc2cc(Br)cc(NS(C)(=O)=O)c2C1=O. The molecule has 1 N–H and O–H groups in total. The summed E-state index contributed by atoms with van der Waals surface area (Å²) in [5.41, 5.74) is 1.71. The van der Waals surface area contributed by atoms with E-state index in [0.29, 0.717) is 23.7 Å². The molecule has 0 radical (unpaired) electrons. The van der Waals surface area contributed by atoms with Gasteiger partial charge in [0.25, 0.3) is 5.91 Å². The molecule has 1 aliphatic heterocycles. The van der Waals surface area contributed by atoms with Crippen molar-refractivity contribution in [1.82, 2.24) is 4.90 Å². The van der Waals surface area contributed by atoms with Gasteiger partial charge in [-0.3, -0.25) is 9.52 Å². The summed E-state index contributed by atoms with van der Waals surface area (Å²) in [6.45, 7) is 2.61. The number of rotatable bonds is 4. The van der Waals surface area contributed by atoms with Crippen molar-refractivity contribution in [2.24, 2.45) is 5.92 Å². The molecular formula is C14H17BrN2O3S. The van der Waals surface area contributed by atoms with Gasteiger partial charge in [-0.2, -0.15) is 0 Å². The molecule has 1 atom stereocenters. The lowest BCUT2D eigenvalue weighted by Gasteiger charge is -2.24. The molecule has 1 aromatic carbocycles. The van der Waals surface area contributed by atoms with Crippen molar-refractivity contribution in [3.63, 3.8) is 0 Å². The number of benzene rings is 1. The van der Waals surface area contributed by atoms with Crippen molar-refractivity contribution in [2.75, 3.05) is 11.0 Å². The fourth-order valence-corrected chi connectivity index (χ4v) is 3.95. The summed E-state index contributed by atoms with van der Waals surface area (Å²) in [6.07, 6.45) is 3.42. The minimum Gasteiger partial charge on any atom is -0.331 e. The second-order valence-corrected chi connectivity index (χ2v) is 8.54. The van der Waals surface area contributed by atoms with E-state index in [4.69, 9.17) is 0 Å². The molecule has 1 amide bonds. The summed E-state index contributed by atoms with van der Waals surface area (Å²) < 4.78 is 26.2. The molecular weight excluding hydrogens is 356 g/mol. The minimum atomic E-state index is -3.42. The van der Waals surface area contributed by atoms with Crippen LogP contribution in [0.1, 0.15) is 35.7 Å². The Morgan fingerprint density at radius 2 is 2.05 bits per heavy atom. The van der Waals surface area contributed by atoms with Gasteiger partial charge in [0.15, 0.2) is 0 Å². The average molecular weight is 373 g/mol. The van der Waals surface area contributed by atoms with Gasteiger partial charge in [0.2, 0.25) is 10.0 Å². The lowest BCUT2D eigenvalue weighted by atomic mass is 10.1. The fourth-order valence-electron chi connectivity index (χ4n) is 2.88. The van der Waals surface area contributed by atoms with Crippen LogP contribution in [0, 0.1) is 5.92 Å². The number of amides is 1. The van der Waals surface area contributed by atoms with Gasteiger partial charge in [0, 0.05) is 17.1 Å². The summed E-state index contributed by atoms with van der Waals surface area (Å²) >= 11 is 3.38. The quantitative estimate of drug-likeness (QED) is 0.882. The Hall–Kier alpha value is -1.08. The molecule has 1 heterocycles. The van der Waals surface area contributed by atoms with E-state index in [9.17, 15) is 13.2 Å². The number of carbonyl (C=O) groups is 1. The molecule has 0 spiro atoms. The van der Waals surface area contributed by atoms with Gasteiger partial charge >= 0.3 is 0 Å². The highest BCUT2D eigenvalue weighted by Crippen LogP contribution is 2.40. The van der Waals surface area contributed by atoms with Crippen molar-refractivity contribution >= 4 is 37.5 Å². The topological polar surface area (TPSA) is 66.5 Å². The van der Waals surface area contributed by atoms with Crippen LogP contribution in [0.4, 0.5) is 5.69 Å². The zero-order valence-electron chi connectivity index (χ0n) is 11.9. The maximum Gasteiger partial charge on any atom is 0.256 e. The molecule has 5 nitrogen and oxygen atoms in total. The average Bonchev–Trinajstić information content (AvgIpc) is 3.11. The number of fused-ring (bicyclic) bond motifs is 1. The van der Waals surface area contributed by atoms with Gasteiger partial charge in [0.1, 0.15) is 0 Å². The number of nitrogens with one attached hydrogen (secondary N) is 1. The molecule has 1 fully saturated rings. The number of carbonyl (C=O) groups excluding carboxylic acids is 1. The van der Waals surface area contributed by atoms with Crippen molar-refractivity contribution < 1.29 is 13.2 Å². The highest BCUT2D eigenvalue weighted by atomic mass is 79.9. The highest BCUT2D eigenvalue weighted by molar-refractivity contribution is 9.10. The van der Waals surface area contributed by atoms with Crippen LogP contribution in [0.3, 0.4) is 0 Å². The molecule has 1 saturated carbocycles. The molecule has 114 valence electrons. The Kier molecular flexibility index (Phi) is 3.52. The predicted octanol–water partition coefficient (Wildman–Crippen LogP) is 2.57. The second kappa shape index (κ2) is 4.98. The monoisotopic (exact) mass is 372 g/mol. The maximum absolute atomic E-state index is 12.7. The molecule has 1 aromatic rings. The summed E-state index contributed by atoms with van der Waals surface area (Å²) in [5.74, 6) is 0.501. The van der Waals surface area contributed by atoms with Crippen molar-refractivity contribution in [1.29, 1.82) is 0 Å². The Bertz CT molecular complexity index is 713. The third-order valence-electron chi connectivity index (χ3n) is 4.09.